The predicted molar refractivity (Wildman–Crippen MR) is 238 cm³/mol. The Morgan fingerprint density at radius 2 is 1.04 bits per heavy atom. The molecule has 0 atom stereocenters. The van der Waals surface area contributed by atoms with Crippen LogP contribution in [0, 0.1) is 0 Å². The molecule has 55 heavy (non-hydrogen) atoms. The van der Waals surface area contributed by atoms with Gasteiger partial charge in [-0.2, -0.15) is 0 Å². The number of allylic oxidation sites excluding steroid dienone is 4. The quantitative estimate of drug-likeness (QED) is 0.112. The molecule has 0 heterocycles. The smallest absolute Gasteiger partial charge is 0.0546 e. The third kappa shape index (κ3) is 6.30. The summed E-state index contributed by atoms with van der Waals surface area (Å²) in [5.41, 5.74) is 12.8. The van der Waals surface area contributed by atoms with Crippen molar-refractivity contribution < 1.29 is 0 Å². The van der Waals surface area contributed by atoms with Gasteiger partial charge in [-0.15, -0.1) is 0 Å². The van der Waals surface area contributed by atoms with Crippen molar-refractivity contribution in [3.63, 3.8) is 0 Å². The Balaban J connectivity index is 1.36. The summed E-state index contributed by atoms with van der Waals surface area (Å²) in [6, 6.07) is 70.9. The minimum Gasteiger partial charge on any atom is -0.309 e. The molecule has 0 aliphatic heterocycles. The Morgan fingerprint density at radius 3 is 1.85 bits per heavy atom. The van der Waals surface area contributed by atoms with E-state index >= 15 is 0 Å². The average Bonchev–Trinajstić information content (AvgIpc) is 3.26. The van der Waals surface area contributed by atoms with Crippen LogP contribution in [0.5, 0.6) is 0 Å². The zero-order chi connectivity index (χ0) is 37.1. The second-order valence-corrected chi connectivity index (χ2v) is 14.0. The lowest BCUT2D eigenvalue weighted by Gasteiger charge is -2.31. The zero-order valence-corrected chi connectivity index (χ0v) is 31.2. The summed E-state index contributed by atoms with van der Waals surface area (Å²) >= 11 is 0. The lowest BCUT2D eigenvalue weighted by Crippen LogP contribution is -2.13. The first-order chi connectivity index (χ1) is 27.2. The maximum absolute atomic E-state index is 2.48. The Kier molecular flexibility index (Phi) is 9.12. The van der Waals surface area contributed by atoms with Crippen molar-refractivity contribution in [2.24, 2.45) is 0 Å². The molecule has 9 aromatic carbocycles. The van der Waals surface area contributed by atoms with E-state index in [1.165, 1.54) is 71.3 Å². The van der Waals surface area contributed by atoms with Crippen LogP contribution in [0.25, 0.3) is 71.3 Å². The van der Waals surface area contributed by atoms with E-state index in [1.807, 2.05) is 0 Å². The normalized spacial score (nSPS) is 11.9. The van der Waals surface area contributed by atoms with Crippen LogP contribution in [-0.4, -0.2) is 0 Å². The van der Waals surface area contributed by atoms with Crippen LogP contribution in [-0.2, 0) is 0 Å². The van der Waals surface area contributed by atoms with Gasteiger partial charge in [0.2, 0.25) is 0 Å². The summed E-state index contributed by atoms with van der Waals surface area (Å²) in [5, 5.41) is 7.49. The monoisotopic (exact) mass is 703 g/mol. The molecule has 0 N–H and O–H groups in total. The highest BCUT2D eigenvalue weighted by atomic mass is 15.1. The summed E-state index contributed by atoms with van der Waals surface area (Å²) in [6.07, 6.45) is 6.54. The Bertz CT molecular complexity index is 2890. The molecular weight excluding hydrogens is 663 g/mol. The van der Waals surface area contributed by atoms with Crippen LogP contribution < -0.4 is 4.90 Å². The molecule has 1 nitrogen and oxygen atoms in total. The van der Waals surface area contributed by atoms with E-state index in [4.69, 9.17) is 0 Å². The summed E-state index contributed by atoms with van der Waals surface area (Å²) in [4.78, 5) is 2.48. The van der Waals surface area contributed by atoms with E-state index in [2.05, 4.69) is 231 Å². The van der Waals surface area contributed by atoms with Gasteiger partial charge in [-0.05, 0) is 110 Å². The number of hydrogen-bond donors (Lipinski definition) is 0. The van der Waals surface area contributed by atoms with Crippen molar-refractivity contribution in [1.29, 1.82) is 0 Å². The number of benzene rings is 9. The molecule has 0 saturated heterocycles. The van der Waals surface area contributed by atoms with E-state index in [1.54, 1.807) is 0 Å². The van der Waals surface area contributed by atoms with E-state index in [-0.39, 0.29) is 0 Å². The van der Waals surface area contributed by atoms with Crippen LogP contribution in [0.4, 0.5) is 17.1 Å². The van der Waals surface area contributed by atoms with E-state index < -0.39 is 0 Å². The van der Waals surface area contributed by atoms with Gasteiger partial charge in [-0.3, -0.25) is 0 Å². The van der Waals surface area contributed by atoms with Crippen molar-refractivity contribution in [3.05, 3.63) is 218 Å². The second-order valence-electron chi connectivity index (χ2n) is 14.0. The number of rotatable bonds is 8. The highest BCUT2D eigenvalue weighted by molar-refractivity contribution is 6.14. The van der Waals surface area contributed by atoms with Crippen LogP contribution in [0.1, 0.15) is 19.4 Å². The van der Waals surface area contributed by atoms with Crippen molar-refractivity contribution >= 4 is 55.0 Å². The third-order valence-corrected chi connectivity index (χ3v) is 10.7. The minimum atomic E-state index is 1.09. The number of hydrogen-bond acceptors (Lipinski definition) is 1. The van der Waals surface area contributed by atoms with Crippen molar-refractivity contribution in [3.8, 4) is 33.4 Å². The van der Waals surface area contributed by atoms with Gasteiger partial charge in [0.15, 0.2) is 0 Å². The Labute approximate surface area is 323 Å². The summed E-state index contributed by atoms with van der Waals surface area (Å²) in [5.74, 6) is 0. The standard InChI is InChI=1S/C54H41N/c1-3-18-38(4-2)48-28-14-15-32-53(48)55(44-25-16-24-41(35-44)46-31-17-23-39-21-8-10-26-45(39)46)54-37-43(33-34-49(54)40-19-6-5-7-20-40)52-36-42-22-9-11-27-47(42)50-29-12-13-30-51(50)52/h3-37H,1-2H3/b18-3-,38-4+. The predicted octanol–water partition coefficient (Wildman–Crippen LogP) is 15.6. The number of para-hydroxylation sites is 1. The maximum atomic E-state index is 2.48. The van der Waals surface area contributed by atoms with E-state index in [0.717, 1.165) is 22.6 Å². The second kappa shape index (κ2) is 14.8. The molecule has 9 aromatic rings. The Morgan fingerprint density at radius 1 is 0.400 bits per heavy atom. The van der Waals surface area contributed by atoms with Gasteiger partial charge >= 0.3 is 0 Å². The van der Waals surface area contributed by atoms with Gasteiger partial charge in [0, 0.05) is 16.8 Å². The SMILES string of the molecule is C/C=C\C(=C/C)c1ccccc1N(c1cccc(-c2cccc3ccccc23)c1)c1cc(-c2cc3ccccc3c3ccccc23)ccc1-c1ccccc1. The van der Waals surface area contributed by atoms with Gasteiger partial charge in [0.05, 0.1) is 11.4 Å². The topological polar surface area (TPSA) is 3.24 Å². The lowest BCUT2D eigenvalue weighted by molar-refractivity contribution is 1.27. The fourth-order valence-electron chi connectivity index (χ4n) is 8.17. The first-order valence-corrected chi connectivity index (χ1v) is 19.1. The highest BCUT2D eigenvalue weighted by Crippen LogP contribution is 2.47. The van der Waals surface area contributed by atoms with Gasteiger partial charge in [0.1, 0.15) is 0 Å². The van der Waals surface area contributed by atoms with Crippen LogP contribution in [0.2, 0.25) is 0 Å². The largest absolute Gasteiger partial charge is 0.309 e. The molecule has 9 rings (SSSR count). The van der Waals surface area contributed by atoms with E-state index in [9.17, 15) is 0 Å². The molecule has 262 valence electrons. The fourth-order valence-corrected chi connectivity index (χ4v) is 8.17. The van der Waals surface area contributed by atoms with Gasteiger partial charge in [-0.1, -0.05) is 182 Å². The maximum Gasteiger partial charge on any atom is 0.0546 e. The first-order valence-electron chi connectivity index (χ1n) is 19.1. The van der Waals surface area contributed by atoms with Gasteiger partial charge in [0.25, 0.3) is 0 Å². The van der Waals surface area contributed by atoms with Crippen molar-refractivity contribution in [1.82, 2.24) is 0 Å². The molecule has 0 unspecified atom stereocenters. The number of fused-ring (bicyclic) bond motifs is 4. The molecular formula is C54H41N. The molecule has 1 heteroatoms. The van der Waals surface area contributed by atoms with Crippen LogP contribution in [0.15, 0.2) is 212 Å². The third-order valence-electron chi connectivity index (χ3n) is 10.7. The summed E-state index contributed by atoms with van der Waals surface area (Å²) < 4.78 is 0. The van der Waals surface area contributed by atoms with Gasteiger partial charge < -0.3 is 4.90 Å². The molecule has 0 aromatic heterocycles. The fraction of sp³-hybridized carbons (Fsp3) is 0.0370. The molecule has 0 bridgehead atoms. The summed E-state index contributed by atoms with van der Waals surface area (Å²) in [7, 11) is 0. The molecule has 0 amide bonds. The molecule has 0 radical (unpaired) electrons. The van der Waals surface area contributed by atoms with Crippen molar-refractivity contribution in [2.75, 3.05) is 4.90 Å². The molecule has 0 saturated carbocycles. The highest BCUT2D eigenvalue weighted by Gasteiger charge is 2.23. The lowest BCUT2D eigenvalue weighted by atomic mass is 9.91. The van der Waals surface area contributed by atoms with Crippen molar-refractivity contribution in [2.45, 2.75) is 13.8 Å². The average molecular weight is 704 g/mol. The molecule has 0 fully saturated rings. The minimum absolute atomic E-state index is 1.09. The zero-order valence-electron chi connectivity index (χ0n) is 31.2. The summed E-state index contributed by atoms with van der Waals surface area (Å²) in [6.45, 7) is 4.21. The number of anilines is 3. The van der Waals surface area contributed by atoms with E-state index in [0.29, 0.717) is 0 Å². The van der Waals surface area contributed by atoms with Crippen LogP contribution in [0.3, 0.4) is 0 Å². The first kappa shape index (κ1) is 33.8. The molecule has 0 aliphatic rings. The van der Waals surface area contributed by atoms with Gasteiger partial charge in [-0.25, -0.2) is 0 Å². The van der Waals surface area contributed by atoms with Crippen LogP contribution >= 0.6 is 0 Å². The molecule has 0 spiro atoms. The Hall–Kier alpha value is -6.96. The number of nitrogens with zero attached hydrogens (tertiary/aromatic N) is 1. The molecule has 0 aliphatic carbocycles.